The van der Waals surface area contributed by atoms with E-state index in [0.717, 1.165) is 30.2 Å². The smallest absolute Gasteiger partial charge is 0.241 e. The number of carbonyl (C=O) groups is 1. The van der Waals surface area contributed by atoms with Gasteiger partial charge in [0.2, 0.25) is 5.91 Å². The number of hydrazine groups is 1. The molecule has 19 heavy (non-hydrogen) atoms. The molecule has 0 aliphatic carbocycles. The first kappa shape index (κ1) is 13.5. The largest absolute Gasteiger partial charge is 0.345 e. The molecule has 7 heteroatoms. The third-order valence-corrected chi connectivity index (χ3v) is 3.38. The van der Waals surface area contributed by atoms with E-state index in [4.69, 9.17) is 5.84 Å². The summed E-state index contributed by atoms with van der Waals surface area (Å²) in [5.74, 6) is 7.72. The van der Waals surface area contributed by atoms with E-state index in [0.29, 0.717) is 18.9 Å². The van der Waals surface area contributed by atoms with E-state index in [1.165, 1.54) is 0 Å². The number of aromatic nitrogens is 2. The molecule has 3 N–H and O–H groups in total. The molecule has 1 fully saturated rings. The Kier molecular flexibility index (Phi) is 3.84. The molecule has 0 spiro atoms. The second-order valence-corrected chi connectivity index (χ2v) is 4.67. The van der Waals surface area contributed by atoms with Crippen LogP contribution in [0.25, 0.3) is 0 Å². The topological polar surface area (TPSA) is 87.4 Å². The number of hydrogen-bond acceptors (Lipinski definition) is 6. The van der Waals surface area contributed by atoms with Gasteiger partial charge in [-0.05, 0) is 6.92 Å². The van der Waals surface area contributed by atoms with Gasteiger partial charge in [-0.1, -0.05) is 6.92 Å². The monoisotopic (exact) mass is 264 g/mol. The number of anilines is 2. The van der Waals surface area contributed by atoms with Gasteiger partial charge in [0.1, 0.15) is 17.5 Å². The van der Waals surface area contributed by atoms with Gasteiger partial charge in [0.25, 0.3) is 0 Å². The van der Waals surface area contributed by atoms with Crippen LogP contribution in [0, 0.1) is 6.92 Å². The van der Waals surface area contributed by atoms with Crippen molar-refractivity contribution in [3.05, 3.63) is 11.4 Å². The number of amides is 1. The highest BCUT2D eigenvalue weighted by molar-refractivity contribution is 5.82. The van der Waals surface area contributed by atoms with Gasteiger partial charge in [0.15, 0.2) is 0 Å². The SMILES string of the molecule is CCc1nc(NN)c(C)c(N2CCN(C)C(=O)C2)n1. The lowest BCUT2D eigenvalue weighted by molar-refractivity contribution is -0.129. The summed E-state index contributed by atoms with van der Waals surface area (Å²) in [5.41, 5.74) is 3.47. The number of nitrogen functional groups attached to an aromatic ring is 1. The fourth-order valence-corrected chi connectivity index (χ4v) is 2.10. The summed E-state index contributed by atoms with van der Waals surface area (Å²) in [6, 6.07) is 0. The molecule has 0 saturated carbocycles. The number of hydrogen-bond donors (Lipinski definition) is 2. The van der Waals surface area contributed by atoms with E-state index in [1.807, 2.05) is 25.8 Å². The lowest BCUT2D eigenvalue weighted by Gasteiger charge is -2.33. The van der Waals surface area contributed by atoms with Crippen LogP contribution in [-0.4, -0.2) is 47.5 Å². The summed E-state index contributed by atoms with van der Waals surface area (Å²) in [5, 5.41) is 0. The molecule has 1 aromatic rings. The Balaban J connectivity index is 2.36. The van der Waals surface area contributed by atoms with Gasteiger partial charge in [-0.2, -0.15) is 0 Å². The Morgan fingerprint density at radius 3 is 2.68 bits per heavy atom. The fourth-order valence-electron chi connectivity index (χ4n) is 2.10. The molecule has 0 unspecified atom stereocenters. The van der Waals surface area contributed by atoms with Crippen molar-refractivity contribution in [3.8, 4) is 0 Å². The highest BCUT2D eigenvalue weighted by Gasteiger charge is 2.24. The normalized spacial score (nSPS) is 15.9. The van der Waals surface area contributed by atoms with Crippen LogP contribution in [-0.2, 0) is 11.2 Å². The van der Waals surface area contributed by atoms with Crippen LogP contribution >= 0.6 is 0 Å². The summed E-state index contributed by atoms with van der Waals surface area (Å²) >= 11 is 0. The molecule has 1 aliphatic rings. The lowest BCUT2D eigenvalue weighted by Crippen LogP contribution is -2.49. The summed E-state index contributed by atoms with van der Waals surface area (Å²) in [6.45, 7) is 5.72. The lowest BCUT2D eigenvalue weighted by atomic mass is 10.2. The minimum absolute atomic E-state index is 0.101. The fraction of sp³-hybridized carbons (Fsp3) is 0.583. The third-order valence-electron chi connectivity index (χ3n) is 3.38. The second-order valence-electron chi connectivity index (χ2n) is 4.67. The first-order valence-corrected chi connectivity index (χ1v) is 6.39. The molecule has 2 rings (SSSR count). The molecule has 0 aromatic carbocycles. The zero-order valence-corrected chi connectivity index (χ0v) is 11.6. The van der Waals surface area contributed by atoms with E-state index < -0.39 is 0 Å². The maximum atomic E-state index is 11.8. The van der Waals surface area contributed by atoms with Crippen molar-refractivity contribution < 1.29 is 4.79 Å². The van der Waals surface area contributed by atoms with Crippen molar-refractivity contribution in [1.82, 2.24) is 14.9 Å². The Labute approximate surface area is 112 Å². The molecule has 7 nitrogen and oxygen atoms in total. The van der Waals surface area contributed by atoms with E-state index in [1.54, 1.807) is 4.90 Å². The number of carbonyl (C=O) groups excluding carboxylic acids is 1. The van der Waals surface area contributed by atoms with Crippen LogP contribution in [0.5, 0.6) is 0 Å². The summed E-state index contributed by atoms with van der Waals surface area (Å²) in [4.78, 5) is 24.4. The number of nitrogens with zero attached hydrogens (tertiary/aromatic N) is 4. The number of piperazine rings is 1. The van der Waals surface area contributed by atoms with Crippen LogP contribution in [0.15, 0.2) is 0 Å². The maximum absolute atomic E-state index is 11.8. The van der Waals surface area contributed by atoms with Crippen LogP contribution in [0.4, 0.5) is 11.6 Å². The Morgan fingerprint density at radius 1 is 1.37 bits per heavy atom. The van der Waals surface area contributed by atoms with Crippen molar-refractivity contribution in [2.24, 2.45) is 5.84 Å². The van der Waals surface area contributed by atoms with Crippen molar-refractivity contribution in [2.45, 2.75) is 20.3 Å². The maximum Gasteiger partial charge on any atom is 0.241 e. The summed E-state index contributed by atoms with van der Waals surface area (Å²) < 4.78 is 0. The van der Waals surface area contributed by atoms with Crippen molar-refractivity contribution in [2.75, 3.05) is 37.0 Å². The molecule has 0 atom stereocenters. The van der Waals surface area contributed by atoms with Gasteiger partial charge in [-0.3, -0.25) is 4.79 Å². The van der Waals surface area contributed by atoms with Gasteiger partial charge in [-0.15, -0.1) is 0 Å². The van der Waals surface area contributed by atoms with Crippen LogP contribution in [0.3, 0.4) is 0 Å². The first-order valence-electron chi connectivity index (χ1n) is 6.39. The Morgan fingerprint density at radius 2 is 2.11 bits per heavy atom. The van der Waals surface area contributed by atoms with Gasteiger partial charge >= 0.3 is 0 Å². The number of rotatable bonds is 3. The zero-order chi connectivity index (χ0) is 14.0. The highest BCUT2D eigenvalue weighted by Crippen LogP contribution is 2.24. The second kappa shape index (κ2) is 5.40. The van der Waals surface area contributed by atoms with E-state index >= 15 is 0 Å². The van der Waals surface area contributed by atoms with E-state index in [2.05, 4.69) is 15.4 Å². The van der Waals surface area contributed by atoms with Crippen LogP contribution in [0.1, 0.15) is 18.3 Å². The minimum Gasteiger partial charge on any atom is -0.345 e. The summed E-state index contributed by atoms with van der Waals surface area (Å²) in [7, 11) is 1.82. The number of nitrogens with one attached hydrogen (secondary N) is 1. The van der Waals surface area contributed by atoms with Crippen molar-refractivity contribution >= 4 is 17.5 Å². The van der Waals surface area contributed by atoms with Crippen molar-refractivity contribution in [3.63, 3.8) is 0 Å². The molecular formula is C12H20N6O. The van der Waals surface area contributed by atoms with Gasteiger partial charge in [-0.25, -0.2) is 15.8 Å². The molecule has 1 saturated heterocycles. The average Bonchev–Trinajstić information content (AvgIpc) is 2.42. The van der Waals surface area contributed by atoms with Gasteiger partial charge in [0, 0.05) is 32.1 Å². The van der Waals surface area contributed by atoms with E-state index in [-0.39, 0.29) is 5.91 Å². The zero-order valence-electron chi connectivity index (χ0n) is 11.6. The molecule has 104 valence electrons. The molecule has 2 heterocycles. The number of nitrogens with two attached hydrogens (primary N) is 1. The quantitative estimate of drug-likeness (QED) is 0.586. The van der Waals surface area contributed by atoms with Crippen LogP contribution in [0.2, 0.25) is 0 Å². The molecule has 0 bridgehead atoms. The van der Waals surface area contributed by atoms with Gasteiger partial charge in [0.05, 0.1) is 6.54 Å². The van der Waals surface area contributed by atoms with Gasteiger partial charge < -0.3 is 15.2 Å². The average molecular weight is 264 g/mol. The Hall–Kier alpha value is -1.89. The standard InChI is InChI=1S/C12H20N6O/c1-4-9-14-11(16-13)8(2)12(15-9)18-6-5-17(3)10(19)7-18/h4-7,13H2,1-3H3,(H,14,15,16). The molecule has 1 aliphatic heterocycles. The van der Waals surface area contributed by atoms with E-state index in [9.17, 15) is 4.79 Å². The molecule has 0 radical (unpaired) electrons. The first-order chi connectivity index (χ1) is 9.06. The minimum atomic E-state index is 0.101. The molecule has 1 amide bonds. The van der Waals surface area contributed by atoms with Crippen LogP contribution < -0.4 is 16.2 Å². The Bertz CT molecular complexity index is 489. The number of likely N-dealkylation sites (N-methyl/N-ethyl adjacent to an activating group) is 1. The third kappa shape index (κ3) is 2.60. The predicted molar refractivity (Wildman–Crippen MR) is 73.8 cm³/mol. The predicted octanol–water partition coefficient (Wildman–Crippen LogP) is -0.0886. The summed E-state index contributed by atoms with van der Waals surface area (Å²) in [6.07, 6.45) is 0.726. The molecule has 1 aromatic heterocycles. The van der Waals surface area contributed by atoms with Crippen molar-refractivity contribution in [1.29, 1.82) is 0 Å². The highest BCUT2D eigenvalue weighted by atomic mass is 16.2. The number of aryl methyl sites for hydroxylation is 1. The molecular weight excluding hydrogens is 244 g/mol.